The normalized spacial score (nSPS) is 17.7. The summed E-state index contributed by atoms with van der Waals surface area (Å²) in [6.07, 6.45) is 2.40. The third-order valence-corrected chi connectivity index (χ3v) is 5.38. The van der Waals surface area contributed by atoms with E-state index >= 15 is 0 Å². The van der Waals surface area contributed by atoms with E-state index in [0.29, 0.717) is 30.2 Å². The van der Waals surface area contributed by atoms with Gasteiger partial charge in [0.25, 0.3) is 0 Å². The molecule has 1 aliphatic rings. The highest BCUT2D eigenvalue weighted by molar-refractivity contribution is 8.00. The largest absolute Gasteiger partial charge is 0.302 e. The van der Waals surface area contributed by atoms with Crippen LogP contribution in [0.5, 0.6) is 0 Å². The Bertz CT molecular complexity index is 746. The molecule has 0 radical (unpaired) electrons. The molecule has 3 heterocycles. The lowest BCUT2D eigenvalue weighted by Crippen LogP contribution is -2.28. The van der Waals surface area contributed by atoms with Crippen LogP contribution in [-0.4, -0.2) is 37.9 Å². The number of nitriles is 1. The Morgan fingerprint density at radius 1 is 1.64 bits per heavy atom. The van der Waals surface area contributed by atoms with Crippen LogP contribution < -0.4 is 4.90 Å². The molecule has 9 heteroatoms. The van der Waals surface area contributed by atoms with Gasteiger partial charge in [0.15, 0.2) is 0 Å². The Hall–Kier alpha value is -2.18. The lowest BCUT2D eigenvalue weighted by molar-refractivity contribution is -0.116. The van der Waals surface area contributed by atoms with E-state index < -0.39 is 0 Å². The Morgan fingerprint density at radius 2 is 2.50 bits per heavy atom. The number of carbonyl (C=O) groups excluding carboxylic acids is 1. The molecule has 2 aromatic heterocycles. The van der Waals surface area contributed by atoms with E-state index in [9.17, 15) is 4.79 Å². The Morgan fingerprint density at radius 3 is 3.27 bits per heavy atom. The Balaban J connectivity index is 1.75. The Kier molecular flexibility index (Phi) is 4.22. The first-order chi connectivity index (χ1) is 10.7. The maximum absolute atomic E-state index is 12.6. The minimum atomic E-state index is -0.233. The topological polar surface area (TPSA) is 87.7 Å². The molecule has 1 saturated heterocycles. The van der Waals surface area contributed by atoms with Crippen LogP contribution in [0.25, 0.3) is 0 Å². The molecule has 3 rings (SSSR count). The summed E-state index contributed by atoms with van der Waals surface area (Å²) in [7, 11) is 0. The highest BCUT2D eigenvalue weighted by Gasteiger charge is 2.36. The van der Waals surface area contributed by atoms with Crippen molar-refractivity contribution in [3.63, 3.8) is 0 Å². The van der Waals surface area contributed by atoms with Crippen molar-refractivity contribution in [2.45, 2.75) is 23.4 Å². The van der Waals surface area contributed by atoms with Gasteiger partial charge in [-0.1, -0.05) is 17.8 Å². The minimum absolute atomic E-state index is 0.00268. The molecule has 1 atom stereocenters. The number of carbonyl (C=O) groups is 1. The van der Waals surface area contributed by atoms with Crippen LogP contribution in [0.3, 0.4) is 0 Å². The number of nitrogens with zero attached hydrogens (tertiary/aromatic N) is 6. The molecule has 1 fully saturated rings. The molecule has 0 aliphatic carbocycles. The van der Waals surface area contributed by atoms with Gasteiger partial charge in [-0.05, 0) is 28.3 Å². The zero-order chi connectivity index (χ0) is 15.5. The van der Waals surface area contributed by atoms with Gasteiger partial charge in [-0.3, -0.25) is 4.79 Å². The molecule has 1 amide bonds. The number of anilines is 1. The summed E-state index contributed by atoms with van der Waals surface area (Å²) in [5.74, 6) is -0.00268. The van der Waals surface area contributed by atoms with Crippen molar-refractivity contribution in [3.8, 4) is 6.07 Å². The van der Waals surface area contributed by atoms with Crippen LogP contribution in [0.2, 0.25) is 0 Å². The molecule has 0 unspecified atom stereocenters. The summed E-state index contributed by atoms with van der Waals surface area (Å²) in [4.78, 5) is 14.3. The number of hydrogen-bond acceptors (Lipinski definition) is 7. The van der Waals surface area contributed by atoms with Gasteiger partial charge in [0.1, 0.15) is 11.1 Å². The van der Waals surface area contributed by atoms with Gasteiger partial charge in [-0.25, -0.2) is 4.68 Å². The average molecular weight is 332 g/mol. The number of allylic oxidation sites excluding steroid dienone is 1. The van der Waals surface area contributed by atoms with E-state index in [1.165, 1.54) is 23.1 Å². The van der Waals surface area contributed by atoms with Crippen molar-refractivity contribution in [2.75, 3.05) is 11.4 Å². The lowest BCUT2D eigenvalue weighted by atomic mass is 10.3. The van der Waals surface area contributed by atoms with Crippen molar-refractivity contribution in [1.82, 2.24) is 20.2 Å². The lowest BCUT2D eigenvalue weighted by Gasteiger charge is -2.14. The monoisotopic (exact) mass is 332 g/mol. The molecule has 7 nitrogen and oxygen atoms in total. The molecular weight excluding hydrogens is 320 g/mol. The van der Waals surface area contributed by atoms with Crippen molar-refractivity contribution in [2.24, 2.45) is 0 Å². The number of thiophene rings is 1. The second-order valence-corrected chi connectivity index (χ2v) is 6.63. The van der Waals surface area contributed by atoms with Gasteiger partial charge in [-0.2, -0.15) is 5.26 Å². The molecule has 2 aromatic rings. The van der Waals surface area contributed by atoms with Crippen LogP contribution in [0.15, 0.2) is 29.3 Å². The van der Waals surface area contributed by atoms with E-state index in [-0.39, 0.29) is 11.2 Å². The van der Waals surface area contributed by atoms with Gasteiger partial charge in [-0.15, -0.1) is 23.0 Å². The van der Waals surface area contributed by atoms with Gasteiger partial charge < -0.3 is 4.90 Å². The second kappa shape index (κ2) is 6.29. The Labute approximate surface area is 135 Å². The molecule has 0 aromatic carbocycles. The second-order valence-electron chi connectivity index (χ2n) is 4.57. The standard InChI is InChI=1S/C13H12N6OS2/c1-2-5-19-13(15-16-17-19)22-10-3-6-18(11(10)20)12-9(8-14)4-7-21-12/h2,4,7,10H,1,3,5-6H2/t10-/m0/s1. The zero-order valence-electron chi connectivity index (χ0n) is 11.5. The number of amides is 1. The fourth-order valence-corrected chi connectivity index (χ4v) is 4.11. The molecule has 0 N–H and O–H groups in total. The molecule has 1 aliphatic heterocycles. The maximum atomic E-state index is 12.6. The van der Waals surface area contributed by atoms with Crippen LogP contribution in [0, 0.1) is 11.3 Å². The fourth-order valence-electron chi connectivity index (χ4n) is 2.21. The summed E-state index contributed by atoms with van der Waals surface area (Å²) < 4.78 is 1.61. The molecular formula is C13H12N6OS2. The molecule has 0 spiro atoms. The van der Waals surface area contributed by atoms with Gasteiger partial charge in [0.05, 0.1) is 17.4 Å². The summed E-state index contributed by atoms with van der Waals surface area (Å²) in [6, 6.07) is 3.86. The number of aromatic nitrogens is 4. The molecule has 22 heavy (non-hydrogen) atoms. The van der Waals surface area contributed by atoms with E-state index in [1.54, 1.807) is 21.7 Å². The summed E-state index contributed by atoms with van der Waals surface area (Å²) in [5.41, 5.74) is 0.542. The predicted octanol–water partition coefficient (Wildman–Crippen LogP) is 1.69. The molecule has 0 bridgehead atoms. The van der Waals surface area contributed by atoms with E-state index in [4.69, 9.17) is 5.26 Å². The third-order valence-electron chi connectivity index (χ3n) is 3.22. The zero-order valence-corrected chi connectivity index (χ0v) is 13.2. The fraction of sp³-hybridized carbons (Fsp3) is 0.308. The van der Waals surface area contributed by atoms with Crippen molar-refractivity contribution < 1.29 is 4.79 Å². The highest BCUT2D eigenvalue weighted by atomic mass is 32.2. The first kappa shape index (κ1) is 14.7. The van der Waals surface area contributed by atoms with Crippen molar-refractivity contribution >= 4 is 34.0 Å². The van der Waals surface area contributed by atoms with E-state index in [0.717, 1.165) is 5.00 Å². The van der Waals surface area contributed by atoms with Crippen molar-refractivity contribution in [3.05, 3.63) is 29.7 Å². The first-order valence-corrected chi connectivity index (χ1v) is 8.33. The highest BCUT2D eigenvalue weighted by Crippen LogP contribution is 2.35. The van der Waals surface area contributed by atoms with Gasteiger partial charge in [0, 0.05) is 6.54 Å². The van der Waals surface area contributed by atoms with E-state index in [1.807, 2.05) is 5.38 Å². The van der Waals surface area contributed by atoms with Crippen molar-refractivity contribution in [1.29, 1.82) is 5.26 Å². The minimum Gasteiger partial charge on any atom is -0.302 e. The van der Waals surface area contributed by atoms with Crippen LogP contribution in [0.1, 0.15) is 12.0 Å². The predicted molar refractivity (Wildman–Crippen MR) is 83.7 cm³/mol. The summed E-state index contributed by atoms with van der Waals surface area (Å²) in [5, 5.41) is 23.5. The quantitative estimate of drug-likeness (QED) is 0.774. The molecule has 112 valence electrons. The van der Waals surface area contributed by atoms with Crippen LogP contribution >= 0.6 is 23.1 Å². The first-order valence-electron chi connectivity index (χ1n) is 6.57. The summed E-state index contributed by atoms with van der Waals surface area (Å²) in [6.45, 7) is 4.77. The summed E-state index contributed by atoms with van der Waals surface area (Å²) >= 11 is 2.77. The number of tetrazole rings is 1. The van der Waals surface area contributed by atoms with E-state index in [2.05, 4.69) is 28.2 Å². The SMILES string of the molecule is C=CCn1nnnc1S[C@H]1CCN(c2sccc2C#N)C1=O. The number of rotatable bonds is 5. The smallest absolute Gasteiger partial charge is 0.241 e. The average Bonchev–Trinajstić information content (AvgIpc) is 3.22. The van der Waals surface area contributed by atoms with Crippen LogP contribution in [0.4, 0.5) is 5.00 Å². The number of hydrogen-bond donors (Lipinski definition) is 0. The molecule has 0 saturated carbocycles. The third kappa shape index (κ3) is 2.63. The maximum Gasteiger partial charge on any atom is 0.241 e. The number of thioether (sulfide) groups is 1. The van der Waals surface area contributed by atoms with Gasteiger partial charge in [0.2, 0.25) is 11.1 Å². The van der Waals surface area contributed by atoms with Gasteiger partial charge >= 0.3 is 0 Å². The van der Waals surface area contributed by atoms with Crippen LogP contribution in [-0.2, 0) is 11.3 Å².